The average Bonchev–Trinajstić information content (AvgIpc) is 2.36. The predicted octanol–water partition coefficient (Wildman–Crippen LogP) is 3.51. The Balaban J connectivity index is 2.02. The predicted molar refractivity (Wildman–Crippen MR) is 68.7 cm³/mol. The fraction of sp³-hybridized carbons (Fsp3) is 0.143. The van der Waals surface area contributed by atoms with E-state index in [-0.39, 0.29) is 6.61 Å². The van der Waals surface area contributed by atoms with Gasteiger partial charge in [0.1, 0.15) is 11.6 Å². The molecule has 1 atom stereocenters. The van der Waals surface area contributed by atoms with Gasteiger partial charge in [0.05, 0.1) is 11.5 Å². The van der Waals surface area contributed by atoms with Gasteiger partial charge in [0, 0.05) is 6.07 Å². The molecule has 2 aromatic carbocycles. The summed E-state index contributed by atoms with van der Waals surface area (Å²) in [5.74, 6) is -1.36. The lowest BCUT2D eigenvalue weighted by molar-refractivity contribution is 0.335. The van der Waals surface area contributed by atoms with Crippen LogP contribution in [0.25, 0.3) is 0 Å². The quantitative estimate of drug-likeness (QED) is 0.857. The Kier molecular flexibility index (Phi) is 4.39. The van der Waals surface area contributed by atoms with Gasteiger partial charge in [-0.15, -0.1) is 0 Å². The third-order valence-corrected chi connectivity index (χ3v) is 3.46. The maximum atomic E-state index is 12.9. The standard InChI is InChI=1S/C14H12F2O2S/c1-10-2-4-14(5-3-10)19(17)18-9-11-6-12(15)8-13(16)7-11/h2-8H,9H2,1H3. The van der Waals surface area contributed by atoms with Gasteiger partial charge in [0.15, 0.2) is 11.1 Å². The zero-order chi connectivity index (χ0) is 13.8. The number of halogens is 2. The van der Waals surface area contributed by atoms with Crippen molar-refractivity contribution in [3.8, 4) is 0 Å². The van der Waals surface area contributed by atoms with Crippen molar-refractivity contribution in [1.29, 1.82) is 0 Å². The van der Waals surface area contributed by atoms with E-state index in [9.17, 15) is 13.0 Å². The monoisotopic (exact) mass is 282 g/mol. The van der Waals surface area contributed by atoms with Gasteiger partial charge in [-0.3, -0.25) is 4.18 Å². The lowest BCUT2D eigenvalue weighted by Gasteiger charge is -2.04. The van der Waals surface area contributed by atoms with E-state index < -0.39 is 22.7 Å². The molecule has 1 unspecified atom stereocenters. The van der Waals surface area contributed by atoms with E-state index >= 15 is 0 Å². The third kappa shape index (κ3) is 3.94. The Bertz CT molecular complexity index is 577. The Hall–Kier alpha value is -1.59. The van der Waals surface area contributed by atoms with Crippen molar-refractivity contribution in [1.82, 2.24) is 0 Å². The van der Waals surface area contributed by atoms with Crippen LogP contribution in [0.2, 0.25) is 0 Å². The van der Waals surface area contributed by atoms with E-state index in [0.717, 1.165) is 23.8 Å². The summed E-state index contributed by atoms with van der Waals surface area (Å²) in [7, 11) is 0. The summed E-state index contributed by atoms with van der Waals surface area (Å²) in [4.78, 5) is 0.516. The summed E-state index contributed by atoms with van der Waals surface area (Å²) in [6, 6.07) is 10.1. The summed E-state index contributed by atoms with van der Waals surface area (Å²) in [6.07, 6.45) is 0. The number of benzene rings is 2. The summed E-state index contributed by atoms with van der Waals surface area (Å²) in [5, 5.41) is 0. The highest BCUT2D eigenvalue weighted by Gasteiger charge is 2.06. The molecule has 19 heavy (non-hydrogen) atoms. The molecule has 2 rings (SSSR count). The van der Waals surface area contributed by atoms with E-state index in [1.807, 2.05) is 19.1 Å². The first-order chi connectivity index (χ1) is 9.04. The normalized spacial score (nSPS) is 12.4. The molecular formula is C14H12F2O2S. The highest BCUT2D eigenvalue weighted by Crippen LogP contribution is 2.13. The Morgan fingerprint density at radius 1 is 1.05 bits per heavy atom. The van der Waals surface area contributed by atoms with E-state index in [1.54, 1.807) is 12.1 Å². The van der Waals surface area contributed by atoms with Crippen LogP contribution < -0.4 is 0 Å². The van der Waals surface area contributed by atoms with Crippen molar-refractivity contribution in [2.45, 2.75) is 18.4 Å². The Labute approximate surface area is 112 Å². The van der Waals surface area contributed by atoms with E-state index in [0.29, 0.717) is 10.5 Å². The van der Waals surface area contributed by atoms with Crippen LogP contribution in [-0.4, -0.2) is 4.21 Å². The first-order valence-electron chi connectivity index (χ1n) is 5.61. The van der Waals surface area contributed by atoms with Crippen LogP contribution in [0.1, 0.15) is 11.1 Å². The lowest BCUT2D eigenvalue weighted by atomic mass is 10.2. The molecule has 0 aliphatic rings. The minimum atomic E-state index is -1.65. The number of aryl methyl sites for hydroxylation is 1. The first-order valence-corrected chi connectivity index (χ1v) is 6.69. The molecule has 5 heteroatoms. The molecule has 0 spiro atoms. The van der Waals surface area contributed by atoms with Gasteiger partial charge in [-0.05, 0) is 36.8 Å². The molecule has 100 valence electrons. The number of hydrogen-bond donors (Lipinski definition) is 0. The molecule has 0 aliphatic carbocycles. The molecule has 2 aromatic rings. The number of hydrogen-bond acceptors (Lipinski definition) is 2. The van der Waals surface area contributed by atoms with Crippen molar-refractivity contribution in [3.05, 3.63) is 65.2 Å². The van der Waals surface area contributed by atoms with Crippen LogP contribution in [0.4, 0.5) is 8.78 Å². The van der Waals surface area contributed by atoms with Crippen molar-refractivity contribution >= 4 is 11.1 Å². The third-order valence-electron chi connectivity index (χ3n) is 2.47. The molecule has 0 N–H and O–H groups in total. The highest BCUT2D eigenvalue weighted by atomic mass is 32.2. The molecule has 0 saturated carbocycles. The first kappa shape index (κ1) is 13.8. The summed E-state index contributed by atoms with van der Waals surface area (Å²) < 4.78 is 42.8. The Morgan fingerprint density at radius 3 is 2.21 bits per heavy atom. The van der Waals surface area contributed by atoms with Gasteiger partial charge < -0.3 is 0 Å². The largest absolute Gasteiger partial charge is 0.282 e. The van der Waals surface area contributed by atoms with Crippen LogP contribution >= 0.6 is 0 Å². The maximum Gasteiger partial charge on any atom is 0.189 e. The molecule has 2 nitrogen and oxygen atoms in total. The maximum absolute atomic E-state index is 12.9. The van der Waals surface area contributed by atoms with Gasteiger partial charge in [-0.1, -0.05) is 17.7 Å². The number of rotatable bonds is 4. The van der Waals surface area contributed by atoms with E-state index in [2.05, 4.69) is 0 Å². The summed E-state index contributed by atoms with van der Waals surface area (Å²) in [6.45, 7) is 1.80. The zero-order valence-corrected chi connectivity index (χ0v) is 11.0. The second kappa shape index (κ2) is 6.04. The lowest BCUT2D eigenvalue weighted by Crippen LogP contribution is -1.99. The molecule has 0 heterocycles. The van der Waals surface area contributed by atoms with E-state index in [1.165, 1.54) is 0 Å². The highest BCUT2D eigenvalue weighted by molar-refractivity contribution is 7.80. The molecule has 0 fully saturated rings. The topological polar surface area (TPSA) is 26.3 Å². The second-order valence-corrected chi connectivity index (χ2v) is 5.26. The minimum Gasteiger partial charge on any atom is -0.282 e. The fourth-order valence-corrected chi connectivity index (χ4v) is 2.27. The molecule has 0 aromatic heterocycles. The SMILES string of the molecule is Cc1ccc(S(=O)OCc2cc(F)cc(F)c2)cc1. The summed E-state index contributed by atoms with van der Waals surface area (Å²) in [5.41, 5.74) is 1.35. The Morgan fingerprint density at radius 2 is 1.63 bits per heavy atom. The minimum absolute atomic E-state index is 0.116. The molecule has 0 amide bonds. The van der Waals surface area contributed by atoms with Crippen LogP contribution in [-0.2, 0) is 21.9 Å². The fourth-order valence-electron chi connectivity index (χ4n) is 1.53. The molecule has 0 aliphatic heterocycles. The van der Waals surface area contributed by atoms with Crippen LogP contribution in [0.15, 0.2) is 47.4 Å². The van der Waals surface area contributed by atoms with Gasteiger partial charge in [0.25, 0.3) is 0 Å². The smallest absolute Gasteiger partial charge is 0.189 e. The van der Waals surface area contributed by atoms with Crippen molar-refractivity contribution in [2.75, 3.05) is 0 Å². The van der Waals surface area contributed by atoms with Crippen molar-refractivity contribution in [2.24, 2.45) is 0 Å². The van der Waals surface area contributed by atoms with Gasteiger partial charge in [-0.2, -0.15) is 0 Å². The molecule has 0 saturated heterocycles. The van der Waals surface area contributed by atoms with Crippen LogP contribution in [0.3, 0.4) is 0 Å². The van der Waals surface area contributed by atoms with Crippen LogP contribution in [0, 0.1) is 18.6 Å². The summed E-state index contributed by atoms with van der Waals surface area (Å²) >= 11 is -1.65. The average molecular weight is 282 g/mol. The van der Waals surface area contributed by atoms with Gasteiger partial charge in [0.2, 0.25) is 0 Å². The van der Waals surface area contributed by atoms with Gasteiger partial charge in [-0.25, -0.2) is 13.0 Å². The molecular weight excluding hydrogens is 270 g/mol. The van der Waals surface area contributed by atoms with E-state index in [4.69, 9.17) is 4.18 Å². The zero-order valence-electron chi connectivity index (χ0n) is 10.2. The second-order valence-electron chi connectivity index (χ2n) is 4.09. The molecule has 0 bridgehead atoms. The molecule has 0 radical (unpaired) electrons. The van der Waals surface area contributed by atoms with Crippen LogP contribution in [0.5, 0.6) is 0 Å². The van der Waals surface area contributed by atoms with Gasteiger partial charge >= 0.3 is 0 Å². The van der Waals surface area contributed by atoms with Crippen molar-refractivity contribution < 1.29 is 17.2 Å². The van der Waals surface area contributed by atoms with Crippen molar-refractivity contribution in [3.63, 3.8) is 0 Å².